The van der Waals surface area contributed by atoms with Crippen LogP contribution in [0.4, 0.5) is 11.4 Å². The number of benzene rings is 1. The van der Waals surface area contributed by atoms with Gasteiger partial charge in [0.2, 0.25) is 0 Å². The molecule has 21 heavy (non-hydrogen) atoms. The Morgan fingerprint density at radius 2 is 1.90 bits per heavy atom. The zero-order chi connectivity index (χ0) is 14.5. The molecular formula is C16H20N2O3. The van der Waals surface area contributed by atoms with E-state index in [0.717, 1.165) is 32.0 Å². The number of aliphatic hydroxyl groups is 1. The maximum atomic E-state index is 9.95. The SMILES string of the molecule is OC(CNc1ccc(N2CCOCC2)cc1)c1ccco1. The fourth-order valence-corrected chi connectivity index (χ4v) is 2.41. The highest BCUT2D eigenvalue weighted by molar-refractivity contribution is 5.55. The lowest BCUT2D eigenvalue weighted by atomic mass is 10.2. The average Bonchev–Trinajstić information content (AvgIpc) is 3.08. The molecule has 2 aromatic rings. The molecule has 1 unspecified atom stereocenters. The molecule has 1 saturated heterocycles. The van der Waals surface area contributed by atoms with Crippen LogP contribution < -0.4 is 10.2 Å². The van der Waals surface area contributed by atoms with Gasteiger partial charge in [-0.15, -0.1) is 0 Å². The second-order valence-electron chi connectivity index (χ2n) is 5.06. The van der Waals surface area contributed by atoms with Crippen LogP contribution in [0.3, 0.4) is 0 Å². The van der Waals surface area contributed by atoms with E-state index >= 15 is 0 Å². The maximum absolute atomic E-state index is 9.95. The third-order valence-corrected chi connectivity index (χ3v) is 3.61. The van der Waals surface area contributed by atoms with Crippen molar-refractivity contribution in [2.24, 2.45) is 0 Å². The van der Waals surface area contributed by atoms with Gasteiger partial charge in [-0.05, 0) is 36.4 Å². The van der Waals surface area contributed by atoms with Gasteiger partial charge in [-0.2, -0.15) is 0 Å². The standard InChI is InChI=1S/C16H20N2O3/c19-15(16-2-1-9-21-16)12-17-13-3-5-14(6-4-13)18-7-10-20-11-8-18/h1-6,9,15,17,19H,7-8,10-12H2. The average molecular weight is 288 g/mol. The van der Waals surface area contributed by atoms with Crippen LogP contribution in [0.25, 0.3) is 0 Å². The number of nitrogens with one attached hydrogen (secondary N) is 1. The number of nitrogens with zero attached hydrogens (tertiary/aromatic N) is 1. The molecule has 5 nitrogen and oxygen atoms in total. The Morgan fingerprint density at radius 1 is 1.14 bits per heavy atom. The predicted molar refractivity (Wildman–Crippen MR) is 81.6 cm³/mol. The van der Waals surface area contributed by atoms with Gasteiger partial charge in [-0.3, -0.25) is 0 Å². The second kappa shape index (κ2) is 6.65. The zero-order valence-corrected chi connectivity index (χ0v) is 11.9. The first-order chi connectivity index (χ1) is 10.3. The molecular weight excluding hydrogens is 268 g/mol. The molecule has 0 spiro atoms. The van der Waals surface area contributed by atoms with Gasteiger partial charge in [0.05, 0.1) is 19.5 Å². The first-order valence-electron chi connectivity index (χ1n) is 7.21. The first-order valence-corrected chi connectivity index (χ1v) is 7.21. The molecule has 0 radical (unpaired) electrons. The first kappa shape index (κ1) is 14.0. The van der Waals surface area contributed by atoms with Crippen LogP contribution in [-0.4, -0.2) is 38.0 Å². The highest BCUT2D eigenvalue weighted by Gasteiger charge is 2.12. The smallest absolute Gasteiger partial charge is 0.134 e. The molecule has 1 fully saturated rings. The molecule has 1 aromatic heterocycles. The van der Waals surface area contributed by atoms with Crippen molar-refractivity contribution in [3.8, 4) is 0 Å². The van der Waals surface area contributed by atoms with Crippen LogP contribution in [0.5, 0.6) is 0 Å². The monoisotopic (exact) mass is 288 g/mol. The molecule has 2 N–H and O–H groups in total. The Balaban J connectivity index is 1.54. The Morgan fingerprint density at radius 3 is 2.57 bits per heavy atom. The fraction of sp³-hybridized carbons (Fsp3) is 0.375. The molecule has 0 aliphatic carbocycles. The molecule has 2 heterocycles. The summed E-state index contributed by atoms with van der Waals surface area (Å²) in [5.74, 6) is 0.576. The van der Waals surface area contributed by atoms with Crippen molar-refractivity contribution in [1.29, 1.82) is 0 Å². The van der Waals surface area contributed by atoms with E-state index in [1.165, 1.54) is 5.69 Å². The van der Waals surface area contributed by atoms with E-state index < -0.39 is 6.10 Å². The van der Waals surface area contributed by atoms with Gasteiger partial charge in [0.1, 0.15) is 11.9 Å². The lowest BCUT2D eigenvalue weighted by Gasteiger charge is -2.29. The highest BCUT2D eigenvalue weighted by Crippen LogP contribution is 2.20. The van der Waals surface area contributed by atoms with Gasteiger partial charge >= 0.3 is 0 Å². The van der Waals surface area contributed by atoms with Crippen LogP contribution in [0.1, 0.15) is 11.9 Å². The van der Waals surface area contributed by atoms with E-state index in [1.807, 2.05) is 12.1 Å². The van der Waals surface area contributed by atoms with Gasteiger partial charge < -0.3 is 24.5 Å². The van der Waals surface area contributed by atoms with Gasteiger partial charge in [0.25, 0.3) is 0 Å². The number of furan rings is 1. The van der Waals surface area contributed by atoms with E-state index in [-0.39, 0.29) is 0 Å². The lowest BCUT2D eigenvalue weighted by molar-refractivity contribution is 0.122. The van der Waals surface area contributed by atoms with Crippen molar-refractivity contribution in [1.82, 2.24) is 0 Å². The zero-order valence-electron chi connectivity index (χ0n) is 11.9. The minimum atomic E-state index is -0.640. The number of hydrogen-bond acceptors (Lipinski definition) is 5. The molecule has 112 valence electrons. The summed E-state index contributed by atoms with van der Waals surface area (Å²) in [6.07, 6.45) is 0.925. The highest BCUT2D eigenvalue weighted by atomic mass is 16.5. The van der Waals surface area contributed by atoms with Crippen LogP contribution in [0.2, 0.25) is 0 Å². The van der Waals surface area contributed by atoms with E-state index in [1.54, 1.807) is 18.4 Å². The van der Waals surface area contributed by atoms with Gasteiger partial charge in [-0.25, -0.2) is 0 Å². The van der Waals surface area contributed by atoms with Crippen molar-refractivity contribution in [2.75, 3.05) is 43.1 Å². The molecule has 1 aromatic carbocycles. The fourth-order valence-electron chi connectivity index (χ4n) is 2.41. The minimum absolute atomic E-state index is 0.421. The molecule has 5 heteroatoms. The van der Waals surface area contributed by atoms with Crippen LogP contribution in [0, 0.1) is 0 Å². The molecule has 1 aliphatic heterocycles. The third kappa shape index (κ3) is 3.56. The Bertz CT molecular complexity index is 533. The molecule has 0 amide bonds. The van der Waals surface area contributed by atoms with E-state index in [4.69, 9.17) is 9.15 Å². The van der Waals surface area contributed by atoms with Crippen molar-refractivity contribution in [2.45, 2.75) is 6.10 Å². The summed E-state index contributed by atoms with van der Waals surface area (Å²) < 4.78 is 10.5. The summed E-state index contributed by atoms with van der Waals surface area (Å²) in [4.78, 5) is 2.31. The van der Waals surface area contributed by atoms with Crippen molar-refractivity contribution in [3.63, 3.8) is 0 Å². The number of anilines is 2. The van der Waals surface area contributed by atoms with E-state index in [9.17, 15) is 5.11 Å². The van der Waals surface area contributed by atoms with Gasteiger partial charge in [-0.1, -0.05) is 0 Å². The number of morpholine rings is 1. The van der Waals surface area contributed by atoms with Crippen LogP contribution in [0.15, 0.2) is 47.1 Å². The second-order valence-corrected chi connectivity index (χ2v) is 5.06. The molecule has 1 atom stereocenters. The maximum Gasteiger partial charge on any atom is 0.134 e. The number of hydrogen-bond donors (Lipinski definition) is 2. The van der Waals surface area contributed by atoms with Crippen molar-refractivity contribution < 1.29 is 14.3 Å². The van der Waals surface area contributed by atoms with E-state index in [0.29, 0.717) is 12.3 Å². The van der Waals surface area contributed by atoms with Crippen LogP contribution >= 0.6 is 0 Å². The summed E-state index contributed by atoms with van der Waals surface area (Å²) in [7, 11) is 0. The van der Waals surface area contributed by atoms with Gasteiger partial charge in [0, 0.05) is 31.0 Å². The number of rotatable bonds is 5. The lowest BCUT2D eigenvalue weighted by Crippen LogP contribution is -2.36. The van der Waals surface area contributed by atoms with Crippen molar-refractivity contribution >= 4 is 11.4 Å². The topological polar surface area (TPSA) is 57.9 Å². The largest absolute Gasteiger partial charge is 0.467 e. The Hall–Kier alpha value is -1.98. The summed E-state index contributed by atoms with van der Waals surface area (Å²) in [6, 6.07) is 11.8. The molecule has 0 saturated carbocycles. The van der Waals surface area contributed by atoms with Crippen LogP contribution in [-0.2, 0) is 4.74 Å². The van der Waals surface area contributed by atoms with Crippen molar-refractivity contribution in [3.05, 3.63) is 48.4 Å². The Kier molecular flexibility index (Phi) is 4.43. The molecule has 1 aliphatic rings. The third-order valence-electron chi connectivity index (χ3n) is 3.61. The Labute approximate surface area is 124 Å². The summed E-state index contributed by atoms with van der Waals surface area (Å²) in [6.45, 7) is 3.86. The minimum Gasteiger partial charge on any atom is -0.467 e. The summed E-state index contributed by atoms with van der Waals surface area (Å²) >= 11 is 0. The molecule has 3 rings (SSSR count). The quantitative estimate of drug-likeness (QED) is 0.884. The normalized spacial score (nSPS) is 16.7. The summed E-state index contributed by atoms with van der Waals surface area (Å²) in [5, 5.41) is 13.2. The summed E-state index contributed by atoms with van der Waals surface area (Å²) in [5.41, 5.74) is 2.19. The predicted octanol–water partition coefficient (Wildman–Crippen LogP) is 2.26. The van der Waals surface area contributed by atoms with E-state index in [2.05, 4.69) is 22.3 Å². The number of aliphatic hydroxyl groups excluding tert-OH is 1. The molecule has 0 bridgehead atoms. The number of ether oxygens (including phenoxy) is 1. The van der Waals surface area contributed by atoms with Gasteiger partial charge in [0.15, 0.2) is 0 Å².